The summed E-state index contributed by atoms with van der Waals surface area (Å²) in [6.07, 6.45) is 5.51. The normalized spacial score (nSPS) is 29.6. The molecular formula is C19H29N. The first-order valence-electron chi connectivity index (χ1n) is 8.31. The van der Waals surface area contributed by atoms with E-state index in [-0.39, 0.29) is 0 Å². The van der Waals surface area contributed by atoms with Crippen molar-refractivity contribution in [1.82, 2.24) is 5.32 Å². The molecule has 0 radical (unpaired) electrons. The minimum absolute atomic E-state index is 0.413. The van der Waals surface area contributed by atoms with Crippen LogP contribution >= 0.6 is 0 Å². The molecule has 0 bridgehead atoms. The highest BCUT2D eigenvalue weighted by molar-refractivity contribution is 5.37. The van der Waals surface area contributed by atoms with Gasteiger partial charge in [-0.05, 0) is 68.1 Å². The third kappa shape index (κ3) is 2.65. The summed E-state index contributed by atoms with van der Waals surface area (Å²) in [5, 5.41) is 3.79. The van der Waals surface area contributed by atoms with E-state index in [9.17, 15) is 0 Å². The van der Waals surface area contributed by atoms with E-state index in [4.69, 9.17) is 0 Å². The lowest BCUT2D eigenvalue weighted by Gasteiger charge is -2.50. The standard InChI is InChI=1S/C19H29N/c1-13(2)16-10-19(11-16,12-20-18-7-8-18)17-6-5-14(3)15(4)9-17/h5-6,9,13,16,18,20H,7-8,10-12H2,1-4H3. The number of nitrogens with one attached hydrogen (secondary N) is 1. The van der Waals surface area contributed by atoms with Crippen LogP contribution in [-0.4, -0.2) is 12.6 Å². The van der Waals surface area contributed by atoms with Crippen molar-refractivity contribution >= 4 is 0 Å². The molecule has 0 unspecified atom stereocenters. The number of aryl methyl sites for hydroxylation is 2. The van der Waals surface area contributed by atoms with Gasteiger partial charge in [0.25, 0.3) is 0 Å². The quantitative estimate of drug-likeness (QED) is 0.839. The summed E-state index contributed by atoms with van der Waals surface area (Å²) < 4.78 is 0. The Morgan fingerprint density at radius 2 is 1.85 bits per heavy atom. The Hall–Kier alpha value is -0.820. The van der Waals surface area contributed by atoms with Gasteiger partial charge in [-0.3, -0.25) is 0 Å². The van der Waals surface area contributed by atoms with Crippen molar-refractivity contribution in [2.24, 2.45) is 11.8 Å². The van der Waals surface area contributed by atoms with E-state index < -0.39 is 0 Å². The maximum atomic E-state index is 3.79. The highest BCUT2D eigenvalue weighted by Crippen LogP contribution is 2.50. The molecule has 1 heteroatoms. The Morgan fingerprint density at radius 1 is 1.15 bits per heavy atom. The van der Waals surface area contributed by atoms with Crippen molar-refractivity contribution in [1.29, 1.82) is 0 Å². The zero-order valence-corrected chi connectivity index (χ0v) is 13.5. The number of rotatable bonds is 5. The highest BCUT2D eigenvalue weighted by Gasteiger charge is 2.46. The summed E-state index contributed by atoms with van der Waals surface area (Å²) in [6, 6.07) is 7.96. The summed E-state index contributed by atoms with van der Waals surface area (Å²) in [6.45, 7) is 10.4. The van der Waals surface area contributed by atoms with E-state index in [0.29, 0.717) is 5.41 Å². The summed E-state index contributed by atoms with van der Waals surface area (Å²) in [5.41, 5.74) is 4.85. The van der Waals surface area contributed by atoms with Gasteiger partial charge < -0.3 is 5.32 Å². The maximum Gasteiger partial charge on any atom is 0.00834 e. The van der Waals surface area contributed by atoms with Crippen molar-refractivity contribution in [2.75, 3.05) is 6.54 Å². The Labute approximate surface area is 124 Å². The van der Waals surface area contributed by atoms with Crippen LogP contribution in [0.15, 0.2) is 18.2 Å². The van der Waals surface area contributed by atoms with Crippen LogP contribution in [0.2, 0.25) is 0 Å². The molecule has 2 aliphatic carbocycles. The average Bonchev–Trinajstić information content (AvgIpc) is 3.15. The molecule has 2 aliphatic rings. The second-order valence-corrected chi connectivity index (χ2v) is 7.65. The molecule has 1 aromatic carbocycles. The molecule has 0 aliphatic heterocycles. The second kappa shape index (κ2) is 5.18. The number of hydrogen-bond acceptors (Lipinski definition) is 1. The molecule has 0 amide bonds. The van der Waals surface area contributed by atoms with Crippen molar-refractivity contribution in [3.63, 3.8) is 0 Å². The minimum Gasteiger partial charge on any atom is -0.313 e. The van der Waals surface area contributed by atoms with Gasteiger partial charge in [0.1, 0.15) is 0 Å². The van der Waals surface area contributed by atoms with Crippen LogP contribution in [0, 0.1) is 25.7 Å². The highest BCUT2D eigenvalue weighted by atomic mass is 15.0. The van der Waals surface area contributed by atoms with Gasteiger partial charge in [0, 0.05) is 18.0 Å². The van der Waals surface area contributed by atoms with Gasteiger partial charge in [-0.15, -0.1) is 0 Å². The van der Waals surface area contributed by atoms with Gasteiger partial charge in [0.05, 0.1) is 0 Å². The van der Waals surface area contributed by atoms with Crippen LogP contribution in [0.3, 0.4) is 0 Å². The lowest BCUT2D eigenvalue weighted by atomic mass is 9.55. The van der Waals surface area contributed by atoms with Crippen molar-refractivity contribution in [3.05, 3.63) is 34.9 Å². The first-order chi connectivity index (χ1) is 9.50. The third-order valence-electron chi connectivity index (χ3n) is 5.67. The molecule has 1 N–H and O–H groups in total. The SMILES string of the molecule is Cc1ccc(C2(CNC3CC3)CC(C(C)C)C2)cc1C. The van der Waals surface area contributed by atoms with Gasteiger partial charge >= 0.3 is 0 Å². The molecular weight excluding hydrogens is 242 g/mol. The molecule has 110 valence electrons. The average molecular weight is 271 g/mol. The number of hydrogen-bond donors (Lipinski definition) is 1. The molecule has 2 saturated carbocycles. The van der Waals surface area contributed by atoms with Crippen LogP contribution in [0.4, 0.5) is 0 Å². The summed E-state index contributed by atoms with van der Waals surface area (Å²) >= 11 is 0. The van der Waals surface area contributed by atoms with E-state index >= 15 is 0 Å². The molecule has 3 rings (SSSR count). The Morgan fingerprint density at radius 3 is 2.40 bits per heavy atom. The molecule has 0 atom stereocenters. The molecule has 1 aromatic rings. The van der Waals surface area contributed by atoms with Gasteiger partial charge in [0.15, 0.2) is 0 Å². The van der Waals surface area contributed by atoms with Crippen LogP contribution in [0.25, 0.3) is 0 Å². The van der Waals surface area contributed by atoms with Crippen LogP contribution < -0.4 is 5.32 Å². The summed E-state index contributed by atoms with van der Waals surface area (Å²) in [5.74, 6) is 1.74. The minimum atomic E-state index is 0.413. The van der Waals surface area contributed by atoms with Crippen LogP contribution in [0.5, 0.6) is 0 Å². The van der Waals surface area contributed by atoms with Crippen molar-refractivity contribution < 1.29 is 0 Å². The van der Waals surface area contributed by atoms with Crippen LogP contribution in [0.1, 0.15) is 56.2 Å². The van der Waals surface area contributed by atoms with Gasteiger partial charge in [0.2, 0.25) is 0 Å². The smallest absolute Gasteiger partial charge is 0.00834 e. The Kier molecular flexibility index (Phi) is 3.66. The lowest BCUT2D eigenvalue weighted by Crippen LogP contribution is -2.50. The molecule has 0 spiro atoms. The molecule has 20 heavy (non-hydrogen) atoms. The van der Waals surface area contributed by atoms with Gasteiger partial charge in [-0.25, -0.2) is 0 Å². The zero-order valence-electron chi connectivity index (χ0n) is 13.5. The topological polar surface area (TPSA) is 12.0 Å². The molecule has 0 saturated heterocycles. The first kappa shape index (κ1) is 14.1. The molecule has 2 fully saturated rings. The predicted octanol–water partition coefficient (Wildman–Crippen LogP) is 4.36. The summed E-state index contributed by atoms with van der Waals surface area (Å²) in [4.78, 5) is 0. The summed E-state index contributed by atoms with van der Waals surface area (Å²) in [7, 11) is 0. The Balaban J connectivity index is 1.79. The van der Waals surface area contributed by atoms with E-state index in [1.807, 2.05) is 0 Å². The van der Waals surface area contributed by atoms with Gasteiger partial charge in [-0.2, -0.15) is 0 Å². The van der Waals surface area contributed by atoms with Crippen molar-refractivity contribution in [2.45, 2.75) is 64.8 Å². The fourth-order valence-corrected chi connectivity index (χ4v) is 3.60. The lowest BCUT2D eigenvalue weighted by molar-refractivity contribution is 0.0973. The largest absolute Gasteiger partial charge is 0.313 e. The molecule has 1 nitrogen and oxygen atoms in total. The van der Waals surface area contributed by atoms with Gasteiger partial charge in [-0.1, -0.05) is 32.0 Å². The third-order valence-corrected chi connectivity index (χ3v) is 5.67. The fourth-order valence-electron chi connectivity index (χ4n) is 3.60. The van der Waals surface area contributed by atoms with E-state index in [1.54, 1.807) is 5.56 Å². The Bertz CT molecular complexity index is 473. The first-order valence-corrected chi connectivity index (χ1v) is 8.31. The maximum absolute atomic E-state index is 3.79. The molecule has 0 aromatic heterocycles. The van der Waals surface area contributed by atoms with E-state index in [2.05, 4.69) is 51.2 Å². The van der Waals surface area contributed by atoms with Crippen molar-refractivity contribution in [3.8, 4) is 0 Å². The molecule has 0 heterocycles. The fraction of sp³-hybridized carbons (Fsp3) is 0.684. The monoisotopic (exact) mass is 271 g/mol. The van der Waals surface area contributed by atoms with Crippen LogP contribution in [-0.2, 0) is 5.41 Å². The predicted molar refractivity (Wildman–Crippen MR) is 86.2 cm³/mol. The second-order valence-electron chi connectivity index (χ2n) is 7.65. The number of benzene rings is 1. The zero-order chi connectivity index (χ0) is 14.3. The van der Waals surface area contributed by atoms with E-state index in [1.165, 1.54) is 43.4 Å². The van der Waals surface area contributed by atoms with E-state index in [0.717, 1.165) is 17.9 Å².